The fraction of sp³-hybridized carbons (Fsp3) is 0.650. The first kappa shape index (κ1) is 15.2. The molecule has 0 amide bonds. The number of rotatable bonds is 3. The molecule has 0 saturated heterocycles. The highest BCUT2D eigenvalue weighted by molar-refractivity contribution is 5.77. The fourth-order valence-electron chi connectivity index (χ4n) is 6.29. The number of carbonyl (C=O) groups is 1. The van der Waals surface area contributed by atoms with E-state index in [1.807, 2.05) is 6.07 Å². The molecule has 4 bridgehead atoms. The number of halogens is 1. The van der Waals surface area contributed by atoms with E-state index in [-0.39, 0.29) is 23.5 Å². The number of ether oxygens (including phenoxy) is 1. The molecule has 4 aliphatic carbocycles. The monoisotopic (exact) mass is 316 g/mol. The molecule has 2 nitrogen and oxygen atoms in total. The van der Waals surface area contributed by atoms with Gasteiger partial charge in [-0.25, -0.2) is 0 Å². The molecule has 1 aromatic carbocycles. The van der Waals surface area contributed by atoms with Crippen molar-refractivity contribution >= 4 is 5.97 Å². The summed E-state index contributed by atoms with van der Waals surface area (Å²) in [6.45, 7) is -0.255. The summed E-state index contributed by atoms with van der Waals surface area (Å²) in [5.74, 6) is 0.370. The predicted molar refractivity (Wildman–Crippen MR) is 86.8 cm³/mol. The Hall–Kier alpha value is -1.38. The van der Waals surface area contributed by atoms with Crippen LogP contribution in [0.2, 0.25) is 0 Å². The maximum Gasteiger partial charge on any atom is 0.311 e. The molecule has 4 fully saturated rings. The molecule has 0 N–H and O–H groups in total. The first-order valence-electron chi connectivity index (χ1n) is 8.75. The Morgan fingerprint density at radius 3 is 2.65 bits per heavy atom. The van der Waals surface area contributed by atoms with E-state index >= 15 is 0 Å². The van der Waals surface area contributed by atoms with Crippen LogP contribution in [0.3, 0.4) is 0 Å². The van der Waals surface area contributed by atoms with Crippen LogP contribution in [0.1, 0.15) is 50.5 Å². The molecule has 1 aromatic rings. The summed E-state index contributed by atoms with van der Waals surface area (Å²) < 4.78 is 19.3. The minimum absolute atomic E-state index is 0.0563. The molecule has 4 saturated carbocycles. The van der Waals surface area contributed by atoms with Gasteiger partial charge < -0.3 is 4.74 Å². The number of methoxy groups -OCH3 is 1. The second kappa shape index (κ2) is 5.06. The third-order valence-corrected chi connectivity index (χ3v) is 6.89. The second-order valence-corrected chi connectivity index (χ2v) is 8.38. The fourth-order valence-corrected chi connectivity index (χ4v) is 6.29. The Morgan fingerprint density at radius 2 is 1.96 bits per heavy atom. The zero-order valence-electron chi connectivity index (χ0n) is 13.8. The van der Waals surface area contributed by atoms with E-state index in [2.05, 4.69) is 24.3 Å². The SMILES string of the molecule is COC(=O)C12CCC3(CF)CC(C1)CC(c1ccccc1)(C3)C2. The lowest BCUT2D eigenvalue weighted by molar-refractivity contribution is -0.158. The minimum atomic E-state index is -0.402. The Balaban J connectivity index is 1.85. The van der Waals surface area contributed by atoms with Crippen LogP contribution < -0.4 is 0 Å². The summed E-state index contributed by atoms with van der Waals surface area (Å²) in [5, 5.41) is 0. The molecular formula is C20H25FO2. The minimum Gasteiger partial charge on any atom is -0.469 e. The van der Waals surface area contributed by atoms with Gasteiger partial charge in [-0.05, 0) is 67.3 Å². The largest absolute Gasteiger partial charge is 0.469 e. The lowest BCUT2D eigenvalue weighted by Gasteiger charge is -2.54. The first-order valence-corrected chi connectivity index (χ1v) is 8.75. The van der Waals surface area contributed by atoms with Gasteiger partial charge in [-0.2, -0.15) is 0 Å². The highest BCUT2D eigenvalue weighted by Crippen LogP contribution is 2.67. The molecule has 4 unspecified atom stereocenters. The van der Waals surface area contributed by atoms with Gasteiger partial charge in [-0.15, -0.1) is 0 Å². The smallest absolute Gasteiger partial charge is 0.311 e. The van der Waals surface area contributed by atoms with Crippen molar-refractivity contribution in [2.45, 2.75) is 50.4 Å². The molecule has 0 radical (unpaired) electrons. The number of fused-ring (bicyclic) bond motifs is 1. The van der Waals surface area contributed by atoms with Crippen LogP contribution >= 0.6 is 0 Å². The van der Waals surface area contributed by atoms with E-state index in [1.165, 1.54) is 12.7 Å². The molecule has 3 heteroatoms. The van der Waals surface area contributed by atoms with Crippen molar-refractivity contribution in [2.75, 3.05) is 13.8 Å². The summed E-state index contributed by atoms with van der Waals surface area (Å²) in [5.41, 5.74) is 0.600. The first-order chi connectivity index (χ1) is 11.1. The summed E-state index contributed by atoms with van der Waals surface area (Å²) >= 11 is 0. The van der Waals surface area contributed by atoms with E-state index in [0.717, 1.165) is 44.9 Å². The van der Waals surface area contributed by atoms with Crippen LogP contribution in [0, 0.1) is 16.7 Å². The number of hydrogen-bond acceptors (Lipinski definition) is 2. The van der Waals surface area contributed by atoms with Crippen LogP contribution in [-0.2, 0) is 14.9 Å². The van der Waals surface area contributed by atoms with Gasteiger partial charge in [0, 0.05) is 0 Å². The Kier molecular flexibility index (Phi) is 3.33. The van der Waals surface area contributed by atoms with E-state index in [0.29, 0.717) is 5.92 Å². The number of benzene rings is 1. The van der Waals surface area contributed by atoms with Crippen molar-refractivity contribution in [3.05, 3.63) is 35.9 Å². The van der Waals surface area contributed by atoms with Crippen LogP contribution in [0.15, 0.2) is 30.3 Å². The zero-order chi connectivity index (χ0) is 16.1. The van der Waals surface area contributed by atoms with E-state index in [1.54, 1.807) is 0 Å². The van der Waals surface area contributed by atoms with E-state index < -0.39 is 5.41 Å². The topological polar surface area (TPSA) is 26.3 Å². The molecule has 0 aromatic heterocycles. The molecule has 4 aliphatic rings. The number of carbonyl (C=O) groups excluding carboxylic acids is 1. The molecule has 0 heterocycles. The van der Waals surface area contributed by atoms with Crippen molar-refractivity contribution in [3.63, 3.8) is 0 Å². The van der Waals surface area contributed by atoms with Crippen LogP contribution in [0.25, 0.3) is 0 Å². The molecule has 5 rings (SSSR count). The van der Waals surface area contributed by atoms with Gasteiger partial charge in [0.15, 0.2) is 0 Å². The number of alkyl halides is 1. The van der Waals surface area contributed by atoms with Gasteiger partial charge in [-0.1, -0.05) is 30.3 Å². The van der Waals surface area contributed by atoms with Crippen LogP contribution in [0.4, 0.5) is 4.39 Å². The molecular weight excluding hydrogens is 291 g/mol. The number of esters is 1. The molecule has 124 valence electrons. The molecule has 4 atom stereocenters. The zero-order valence-corrected chi connectivity index (χ0v) is 13.8. The number of hydrogen-bond donors (Lipinski definition) is 0. The van der Waals surface area contributed by atoms with Crippen molar-refractivity contribution in [2.24, 2.45) is 16.7 Å². The highest BCUT2D eigenvalue weighted by atomic mass is 19.1. The van der Waals surface area contributed by atoms with Crippen LogP contribution in [-0.4, -0.2) is 19.8 Å². The third-order valence-electron chi connectivity index (χ3n) is 6.89. The summed E-state index contributed by atoms with van der Waals surface area (Å²) in [4.78, 5) is 12.7. The molecule has 23 heavy (non-hydrogen) atoms. The van der Waals surface area contributed by atoms with Crippen molar-refractivity contribution in [3.8, 4) is 0 Å². The van der Waals surface area contributed by atoms with Crippen molar-refractivity contribution in [1.82, 2.24) is 0 Å². The van der Waals surface area contributed by atoms with Gasteiger partial charge >= 0.3 is 5.97 Å². The Bertz CT molecular complexity index is 615. The summed E-state index contributed by atoms with van der Waals surface area (Å²) in [6, 6.07) is 10.5. The average molecular weight is 316 g/mol. The van der Waals surface area contributed by atoms with Crippen molar-refractivity contribution in [1.29, 1.82) is 0 Å². The normalized spacial score (nSPS) is 41.6. The maximum atomic E-state index is 14.1. The highest BCUT2D eigenvalue weighted by Gasteiger charge is 2.62. The summed E-state index contributed by atoms with van der Waals surface area (Å²) in [6.07, 6.45) is 6.24. The Morgan fingerprint density at radius 1 is 1.17 bits per heavy atom. The maximum absolute atomic E-state index is 14.1. The second-order valence-electron chi connectivity index (χ2n) is 8.38. The predicted octanol–water partition coefficient (Wildman–Crippen LogP) is 4.43. The van der Waals surface area contributed by atoms with E-state index in [9.17, 15) is 9.18 Å². The van der Waals surface area contributed by atoms with Gasteiger partial charge in [-0.3, -0.25) is 9.18 Å². The van der Waals surface area contributed by atoms with Crippen molar-refractivity contribution < 1.29 is 13.9 Å². The molecule has 0 spiro atoms. The van der Waals surface area contributed by atoms with Gasteiger partial charge in [0.1, 0.15) is 0 Å². The standard InChI is InChI=1S/C20H25FO2/c1-23-17(22)19-8-7-18(14-21)9-15(10-19)11-20(12-18,13-19)16-5-3-2-4-6-16/h2-6,15H,7-14H2,1H3. The molecule has 0 aliphatic heterocycles. The average Bonchev–Trinajstić information content (AvgIpc) is 2.77. The Labute approximate surface area is 137 Å². The van der Waals surface area contributed by atoms with Gasteiger partial charge in [0.25, 0.3) is 0 Å². The summed E-state index contributed by atoms with van der Waals surface area (Å²) in [7, 11) is 1.50. The van der Waals surface area contributed by atoms with Gasteiger partial charge in [0.2, 0.25) is 0 Å². The lowest BCUT2D eigenvalue weighted by atomic mass is 9.49. The van der Waals surface area contributed by atoms with Crippen LogP contribution in [0.5, 0.6) is 0 Å². The van der Waals surface area contributed by atoms with E-state index in [4.69, 9.17) is 4.74 Å². The lowest BCUT2D eigenvalue weighted by Crippen LogP contribution is -2.50. The third kappa shape index (κ3) is 2.15. The quantitative estimate of drug-likeness (QED) is 0.771. The van der Waals surface area contributed by atoms with Gasteiger partial charge in [0.05, 0.1) is 19.2 Å².